The van der Waals surface area contributed by atoms with Crippen molar-refractivity contribution >= 4 is 5.97 Å². The Bertz CT molecular complexity index is 1390. The van der Waals surface area contributed by atoms with Crippen LogP contribution in [-0.2, 0) is 31.8 Å². The summed E-state index contributed by atoms with van der Waals surface area (Å²) in [5, 5.41) is 91.7. The summed E-state index contributed by atoms with van der Waals surface area (Å²) in [6.07, 6.45) is -15.7. The van der Waals surface area contributed by atoms with Gasteiger partial charge in [-0.15, -0.1) is 0 Å². The Morgan fingerprint density at radius 2 is 1.20 bits per heavy atom. The van der Waals surface area contributed by atoms with Gasteiger partial charge in [-0.1, -0.05) is 12.1 Å². The Kier molecular flexibility index (Phi) is 14.0. The largest absolute Gasteiger partial charge is 0.493 e. The molecule has 17 heteroatoms. The molecule has 2 aliphatic heterocycles. The van der Waals surface area contributed by atoms with E-state index in [4.69, 9.17) is 33.2 Å². The predicted molar refractivity (Wildman–Crippen MR) is 169 cm³/mol. The molecule has 0 spiro atoms. The predicted octanol–water partition coefficient (Wildman–Crippen LogP) is -2.19. The summed E-state index contributed by atoms with van der Waals surface area (Å²) < 4.78 is 38.3. The van der Waals surface area contributed by atoms with Crippen LogP contribution in [-0.4, -0.2) is 154 Å². The molecule has 0 bridgehead atoms. The third-order valence-corrected chi connectivity index (χ3v) is 8.94. The van der Waals surface area contributed by atoms with E-state index in [0.717, 1.165) is 5.56 Å². The average Bonchev–Trinajstić information content (AvgIpc) is 3.12. The van der Waals surface area contributed by atoms with Crippen LogP contribution in [0.1, 0.15) is 11.1 Å². The quantitative estimate of drug-likeness (QED) is 0.0894. The summed E-state index contributed by atoms with van der Waals surface area (Å²) in [6.45, 7) is -1.64. The van der Waals surface area contributed by atoms with Crippen LogP contribution in [0.3, 0.4) is 0 Å². The zero-order chi connectivity index (χ0) is 36.7. The number of ether oxygens (including phenoxy) is 7. The van der Waals surface area contributed by atoms with Crippen molar-refractivity contribution in [3.05, 3.63) is 47.5 Å². The molecule has 2 fully saturated rings. The number of rotatable bonds is 16. The minimum absolute atomic E-state index is 0.00924. The van der Waals surface area contributed by atoms with Gasteiger partial charge in [0.25, 0.3) is 0 Å². The molecule has 0 amide bonds. The summed E-state index contributed by atoms with van der Waals surface area (Å²) in [5.74, 6) is -1.66. The molecule has 9 N–H and O–H groups in total. The van der Waals surface area contributed by atoms with Crippen molar-refractivity contribution in [3.63, 3.8) is 0 Å². The maximum absolute atomic E-state index is 12.4. The van der Waals surface area contributed by atoms with Gasteiger partial charge in [-0.05, 0) is 54.2 Å². The van der Waals surface area contributed by atoms with Crippen LogP contribution in [0.5, 0.6) is 23.0 Å². The van der Waals surface area contributed by atoms with E-state index in [9.17, 15) is 50.8 Å². The third-order valence-electron chi connectivity index (χ3n) is 8.94. The van der Waals surface area contributed by atoms with Crippen molar-refractivity contribution in [2.45, 2.75) is 74.3 Å². The lowest BCUT2D eigenvalue weighted by Gasteiger charge is -2.42. The molecule has 0 radical (unpaired) electrons. The highest BCUT2D eigenvalue weighted by molar-refractivity contribution is 5.71. The van der Waals surface area contributed by atoms with E-state index in [-0.39, 0.29) is 24.3 Å². The van der Waals surface area contributed by atoms with Gasteiger partial charge in [0.15, 0.2) is 29.3 Å². The molecule has 4 rings (SSSR count). The molecular weight excluding hydrogens is 668 g/mol. The van der Waals surface area contributed by atoms with Crippen molar-refractivity contribution in [1.82, 2.24) is 0 Å². The van der Waals surface area contributed by atoms with Gasteiger partial charge in [0.1, 0.15) is 48.8 Å². The zero-order valence-electron chi connectivity index (χ0n) is 27.7. The molecule has 0 saturated carbocycles. The van der Waals surface area contributed by atoms with Crippen molar-refractivity contribution in [1.29, 1.82) is 0 Å². The molecule has 12 atom stereocenters. The van der Waals surface area contributed by atoms with E-state index in [2.05, 4.69) is 0 Å². The fourth-order valence-electron chi connectivity index (χ4n) is 5.96. The number of hydrogen-bond acceptors (Lipinski definition) is 16. The van der Waals surface area contributed by atoms with Crippen molar-refractivity contribution in [2.24, 2.45) is 11.8 Å². The first-order chi connectivity index (χ1) is 23.9. The number of hydrogen-bond donors (Lipinski definition) is 9. The minimum atomic E-state index is -1.78. The monoisotopic (exact) mass is 714 g/mol. The summed E-state index contributed by atoms with van der Waals surface area (Å²) in [7, 11) is 4.32. The van der Waals surface area contributed by atoms with Crippen LogP contribution in [0.15, 0.2) is 36.4 Å². The SMILES string of the molecule is COc1ccc(C[C@H](CO)[C@@H](Cc2ccc(O[C@@H]3O[C@H](CO[C@@H]4O[C@H](CO)[C@@H](O)[C@H](O)[C@H]4O)[C@@H](O)[C@H](O)[C@H]3O)c(OC)c2)C(=O)O)cc1OC. The van der Waals surface area contributed by atoms with Crippen molar-refractivity contribution in [2.75, 3.05) is 41.2 Å². The molecular formula is C33H46O17. The van der Waals surface area contributed by atoms with Crippen LogP contribution in [0.25, 0.3) is 0 Å². The van der Waals surface area contributed by atoms with Gasteiger partial charge in [-0.25, -0.2) is 0 Å². The van der Waals surface area contributed by atoms with Gasteiger partial charge >= 0.3 is 5.97 Å². The molecule has 0 aromatic heterocycles. The Morgan fingerprint density at radius 3 is 1.76 bits per heavy atom. The fourth-order valence-corrected chi connectivity index (χ4v) is 5.96. The minimum Gasteiger partial charge on any atom is -0.493 e. The molecule has 2 heterocycles. The summed E-state index contributed by atoms with van der Waals surface area (Å²) in [4.78, 5) is 12.4. The molecule has 2 aromatic carbocycles. The van der Waals surface area contributed by atoms with Crippen LogP contribution in [0.4, 0.5) is 0 Å². The highest BCUT2D eigenvalue weighted by Gasteiger charge is 2.48. The second-order valence-electron chi connectivity index (χ2n) is 12.1. The Hall–Kier alpha value is -3.33. The maximum Gasteiger partial charge on any atom is 0.307 e. The highest BCUT2D eigenvalue weighted by atomic mass is 16.7. The van der Waals surface area contributed by atoms with Crippen LogP contribution in [0, 0.1) is 11.8 Å². The number of benzene rings is 2. The Morgan fingerprint density at radius 1 is 0.680 bits per heavy atom. The average molecular weight is 715 g/mol. The van der Waals surface area contributed by atoms with Crippen molar-refractivity contribution < 1.29 is 83.9 Å². The third kappa shape index (κ3) is 8.93. The molecule has 50 heavy (non-hydrogen) atoms. The number of aliphatic hydroxyl groups is 8. The lowest BCUT2D eigenvalue weighted by molar-refractivity contribution is -0.323. The van der Waals surface area contributed by atoms with Gasteiger partial charge in [0, 0.05) is 6.61 Å². The topological polar surface area (TPSA) is 264 Å². The number of aliphatic carboxylic acids is 1. The first-order valence-electron chi connectivity index (χ1n) is 15.9. The highest BCUT2D eigenvalue weighted by Crippen LogP contribution is 2.35. The van der Waals surface area contributed by atoms with Gasteiger partial charge in [-0.3, -0.25) is 4.79 Å². The smallest absolute Gasteiger partial charge is 0.307 e. The van der Waals surface area contributed by atoms with E-state index < -0.39 is 99.0 Å². The first kappa shape index (κ1) is 39.5. The number of carbonyl (C=O) groups is 1. The number of carboxylic acids is 1. The molecule has 280 valence electrons. The summed E-state index contributed by atoms with van der Waals surface area (Å²) in [6, 6.07) is 9.72. The van der Waals surface area contributed by atoms with Gasteiger partial charge in [-0.2, -0.15) is 0 Å². The Balaban J connectivity index is 1.45. The van der Waals surface area contributed by atoms with Gasteiger partial charge in [0.2, 0.25) is 6.29 Å². The molecule has 2 aromatic rings. The zero-order valence-corrected chi connectivity index (χ0v) is 27.7. The molecule has 2 aliphatic rings. The number of carboxylic acid groups (broad SMARTS) is 1. The molecule has 2 saturated heterocycles. The van der Waals surface area contributed by atoms with E-state index in [0.29, 0.717) is 17.1 Å². The van der Waals surface area contributed by atoms with Gasteiger partial charge < -0.3 is 79.1 Å². The summed E-state index contributed by atoms with van der Waals surface area (Å²) in [5.41, 5.74) is 1.27. The standard InChI is InChI=1S/C33H46O17/c1-44-19-6-4-15(10-21(19)45-2)8-17(12-34)18(31(42)43)9-16-5-7-20(22(11-16)46-3)48-33-30(41)28(39)26(37)24(50-33)14-47-32-29(40)27(38)25(36)23(13-35)49-32/h4-7,10-11,17-18,23-30,32-41H,8-9,12-14H2,1-3H3,(H,42,43)/t17-,18-,23-,24-,25-,26-,27+,28+,29-,30-,32-,33-/m1/s1. The summed E-state index contributed by atoms with van der Waals surface area (Å²) >= 11 is 0. The first-order valence-corrected chi connectivity index (χ1v) is 15.9. The van der Waals surface area contributed by atoms with Crippen LogP contribution in [0.2, 0.25) is 0 Å². The number of aliphatic hydroxyl groups excluding tert-OH is 8. The fraction of sp³-hybridized carbons (Fsp3) is 0.606. The van der Waals surface area contributed by atoms with Crippen LogP contribution >= 0.6 is 0 Å². The van der Waals surface area contributed by atoms with Crippen LogP contribution < -0.4 is 18.9 Å². The second-order valence-corrected chi connectivity index (χ2v) is 12.1. The molecule has 0 aliphatic carbocycles. The lowest BCUT2D eigenvalue weighted by atomic mass is 9.83. The Labute approximate surface area is 287 Å². The second kappa shape index (κ2) is 17.7. The van der Waals surface area contributed by atoms with Gasteiger partial charge in [0.05, 0.1) is 40.5 Å². The molecule has 0 unspecified atom stereocenters. The van der Waals surface area contributed by atoms with E-state index in [1.165, 1.54) is 33.5 Å². The van der Waals surface area contributed by atoms with E-state index >= 15 is 0 Å². The normalized spacial score (nSPS) is 31.0. The van der Waals surface area contributed by atoms with E-state index in [1.807, 2.05) is 0 Å². The van der Waals surface area contributed by atoms with E-state index in [1.54, 1.807) is 24.3 Å². The lowest BCUT2D eigenvalue weighted by Crippen LogP contribution is -2.62. The molecule has 17 nitrogen and oxygen atoms in total. The maximum atomic E-state index is 12.4. The number of methoxy groups -OCH3 is 3. The van der Waals surface area contributed by atoms with Crippen molar-refractivity contribution in [3.8, 4) is 23.0 Å².